The molecule has 0 unspecified atom stereocenters. The van der Waals surface area contributed by atoms with E-state index in [2.05, 4.69) is 10.1 Å². The zero-order valence-corrected chi connectivity index (χ0v) is 14.0. The number of amides is 1. The smallest absolute Gasteiger partial charge is 0.481 e. The highest BCUT2D eigenvalue weighted by molar-refractivity contribution is 7.99. The molecule has 0 aromatic heterocycles. The fourth-order valence-electron chi connectivity index (χ4n) is 1.82. The molecule has 2 N–H and O–H groups in total. The average Bonchev–Trinajstić information content (AvgIpc) is 2.45. The van der Waals surface area contributed by atoms with Gasteiger partial charge in [0.05, 0.1) is 11.2 Å². The van der Waals surface area contributed by atoms with Crippen molar-refractivity contribution in [1.82, 2.24) is 5.32 Å². The summed E-state index contributed by atoms with van der Waals surface area (Å²) in [6.45, 7) is 3.59. The van der Waals surface area contributed by atoms with E-state index in [1.807, 2.05) is 0 Å². The standard InChI is InChI=1S/C15H18F3NO4S/c1-14(2,13(22)19-7-8-24-9-12(20)21)10-3-5-11(6-4-10)23-15(16,17)18/h3-6H,7-9H2,1-2H3,(H,19,22)(H,20,21). The molecule has 5 nitrogen and oxygen atoms in total. The number of benzene rings is 1. The number of carboxylic acid groups (broad SMARTS) is 1. The van der Waals surface area contributed by atoms with Gasteiger partial charge in [-0.25, -0.2) is 0 Å². The highest BCUT2D eigenvalue weighted by Crippen LogP contribution is 2.28. The number of hydrogen-bond acceptors (Lipinski definition) is 4. The van der Waals surface area contributed by atoms with Crippen molar-refractivity contribution >= 4 is 23.6 Å². The number of carbonyl (C=O) groups excluding carboxylic acids is 1. The van der Waals surface area contributed by atoms with Gasteiger partial charge in [0, 0.05) is 12.3 Å². The molecule has 0 aliphatic heterocycles. The van der Waals surface area contributed by atoms with Crippen LogP contribution in [0.15, 0.2) is 24.3 Å². The van der Waals surface area contributed by atoms with Crippen LogP contribution in [0.25, 0.3) is 0 Å². The average molecular weight is 365 g/mol. The first kappa shape index (κ1) is 20.1. The molecule has 1 aromatic rings. The molecule has 9 heteroatoms. The summed E-state index contributed by atoms with van der Waals surface area (Å²) < 4.78 is 40.2. The second kappa shape index (κ2) is 8.27. The number of ether oxygens (including phenoxy) is 1. The summed E-state index contributed by atoms with van der Waals surface area (Å²) in [6, 6.07) is 5.11. The Morgan fingerprint density at radius 3 is 2.29 bits per heavy atom. The predicted octanol–water partition coefficient (Wildman–Crippen LogP) is 2.80. The van der Waals surface area contributed by atoms with E-state index in [0.29, 0.717) is 17.9 Å². The number of aliphatic carboxylic acids is 1. The van der Waals surface area contributed by atoms with Crippen LogP contribution < -0.4 is 10.1 Å². The van der Waals surface area contributed by atoms with Crippen LogP contribution in [-0.4, -0.2) is 41.4 Å². The molecule has 0 fully saturated rings. The molecule has 0 heterocycles. The van der Waals surface area contributed by atoms with E-state index in [1.54, 1.807) is 13.8 Å². The lowest BCUT2D eigenvalue weighted by Crippen LogP contribution is -2.41. The zero-order chi connectivity index (χ0) is 18.4. The quantitative estimate of drug-likeness (QED) is 0.693. The van der Waals surface area contributed by atoms with Crippen LogP contribution >= 0.6 is 11.8 Å². The Morgan fingerprint density at radius 2 is 1.79 bits per heavy atom. The summed E-state index contributed by atoms with van der Waals surface area (Å²) in [5, 5.41) is 11.2. The first-order valence-electron chi connectivity index (χ1n) is 6.96. The Balaban J connectivity index is 2.59. The van der Waals surface area contributed by atoms with Gasteiger partial charge in [-0.15, -0.1) is 24.9 Å². The summed E-state index contributed by atoms with van der Waals surface area (Å²) in [6.07, 6.45) is -4.76. The lowest BCUT2D eigenvalue weighted by atomic mass is 9.83. The maximum Gasteiger partial charge on any atom is 0.573 e. The van der Waals surface area contributed by atoms with Gasteiger partial charge in [0.2, 0.25) is 5.91 Å². The third-order valence-electron chi connectivity index (χ3n) is 3.13. The molecular formula is C15H18F3NO4S. The third-order valence-corrected chi connectivity index (χ3v) is 4.08. The van der Waals surface area contributed by atoms with Gasteiger partial charge >= 0.3 is 12.3 Å². The van der Waals surface area contributed by atoms with Gasteiger partial charge in [-0.05, 0) is 31.5 Å². The number of carboxylic acids is 1. The molecule has 0 aliphatic rings. The van der Waals surface area contributed by atoms with Gasteiger partial charge < -0.3 is 15.2 Å². The Labute approximate surface area is 141 Å². The Kier molecular flexibility index (Phi) is 6.94. The minimum atomic E-state index is -4.76. The SMILES string of the molecule is CC(C)(C(=O)NCCSCC(=O)O)c1ccc(OC(F)(F)F)cc1. The van der Waals surface area contributed by atoms with Crippen LogP contribution in [0, 0.1) is 0 Å². The molecule has 134 valence electrons. The number of alkyl halides is 3. The third kappa shape index (κ3) is 6.69. The predicted molar refractivity (Wildman–Crippen MR) is 84.1 cm³/mol. The fourth-order valence-corrected chi connectivity index (χ4v) is 2.39. The Morgan fingerprint density at radius 1 is 1.21 bits per heavy atom. The van der Waals surface area contributed by atoms with Crippen LogP contribution in [0.4, 0.5) is 13.2 Å². The molecule has 1 aromatic carbocycles. The van der Waals surface area contributed by atoms with Crippen LogP contribution in [-0.2, 0) is 15.0 Å². The fraction of sp³-hybridized carbons (Fsp3) is 0.467. The van der Waals surface area contributed by atoms with E-state index < -0.39 is 17.7 Å². The van der Waals surface area contributed by atoms with E-state index in [-0.39, 0.29) is 17.4 Å². The molecule has 0 spiro atoms. The van der Waals surface area contributed by atoms with Crippen molar-refractivity contribution in [3.63, 3.8) is 0 Å². The number of halogens is 3. The molecule has 0 saturated carbocycles. The zero-order valence-electron chi connectivity index (χ0n) is 13.1. The number of thioether (sulfide) groups is 1. The highest BCUT2D eigenvalue weighted by Gasteiger charge is 2.32. The number of rotatable bonds is 8. The largest absolute Gasteiger partial charge is 0.573 e. The van der Waals surface area contributed by atoms with Crippen LogP contribution in [0.2, 0.25) is 0 Å². The van der Waals surface area contributed by atoms with Gasteiger partial charge in [0.15, 0.2) is 0 Å². The minimum Gasteiger partial charge on any atom is -0.481 e. The monoisotopic (exact) mass is 365 g/mol. The van der Waals surface area contributed by atoms with Gasteiger partial charge in [-0.2, -0.15) is 0 Å². The Hall–Kier alpha value is -1.90. The van der Waals surface area contributed by atoms with Crippen molar-refractivity contribution in [2.24, 2.45) is 0 Å². The molecule has 0 bridgehead atoms. The van der Waals surface area contributed by atoms with Crippen LogP contribution in [0.5, 0.6) is 5.75 Å². The van der Waals surface area contributed by atoms with E-state index >= 15 is 0 Å². The summed E-state index contributed by atoms with van der Waals surface area (Å²) >= 11 is 1.18. The van der Waals surface area contributed by atoms with Gasteiger partial charge in [-0.1, -0.05) is 12.1 Å². The van der Waals surface area contributed by atoms with E-state index in [4.69, 9.17) is 5.11 Å². The van der Waals surface area contributed by atoms with Crippen molar-refractivity contribution < 1.29 is 32.6 Å². The lowest BCUT2D eigenvalue weighted by Gasteiger charge is -2.24. The second-order valence-electron chi connectivity index (χ2n) is 5.40. The maximum atomic E-state index is 12.2. The molecule has 24 heavy (non-hydrogen) atoms. The van der Waals surface area contributed by atoms with E-state index in [9.17, 15) is 22.8 Å². The molecule has 1 rings (SSSR count). The molecular weight excluding hydrogens is 347 g/mol. The van der Waals surface area contributed by atoms with Crippen LogP contribution in [0.1, 0.15) is 19.4 Å². The van der Waals surface area contributed by atoms with Crippen molar-refractivity contribution in [2.75, 3.05) is 18.1 Å². The minimum absolute atomic E-state index is 0.0417. The highest BCUT2D eigenvalue weighted by atomic mass is 32.2. The van der Waals surface area contributed by atoms with E-state index in [0.717, 1.165) is 12.1 Å². The summed E-state index contributed by atoms with van der Waals surface area (Å²) in [5.41, 5.74) is -0.415. The maximum absolute atomic E-state index is 12.2. The summed E-state index contributed by atoms with van der Waals surface area (Å²) in [5.74, 6) is -1.17. The van der Waals surface area contributed by atoms with Crippen molar-refractivity contribution in [2.45, 2.75) is 25.6 Å². The molecule has 0 atom stereocenters. The number of hydrogen-bond donors (Lipinski definition) is 2. The Bertz CT molecular complexity index is 573. The van der Waals surface area contributed by atoms with Gasteiger partial charge in [0.25, 0.3) is 0 Å². The normalized spacial score (nSPS) is 11.9. The summed E-state index contributed by atoms with van der Waals surface area (Å²) in [4.78, 5) is 22.6. The lowest BCUT2D eigenvalue weighted by molar-refractivity contribution is -0.274. The van der Waals surface area contributed by atoms with Gasteiger partial charge in [0.1, 0.15) is 5.75 Å². The van der Waals surface area contributed by atoms with E-state index in [1.165, 1.54) is 23.9 Å². The first-order valence-corrected chi connectivity index (χ1v) is 8.12. The molecule has 0 radical (unpaired) electrons. The van der Waals surface area contributed by atoms with Crippen molar-refractivity contribution in [3.8, 4) is 5.75 Å². The van der Waals surface area contributed by atoms with Crippen molar-refractivity contribution in [1.29, 1.82) is 0 Å². The second-order valence-corrected chi connectivity index (χ2v) is 6.50. The number of nitrogens with one attached hydrogen (secondary N) is 1. The topological polar surface area (TPSA) is 75.6 Å². The van der Waals surface area contributed by atoms with Crippen LogP contribution in [0.3, 0.4) is 0 Å². The molecule has 1 amide bonds. The molecule has 0 saturated heterocycles. The summed E-state index contributed by atoms with van der Waals surface area (Å²) in [7, 11) is 0. The molecule has 0 aliphatic carbocycles. The number of carbonyl (C=O) groups is 2. The van der Waals surface area contributed by atoms with Crippen molar-refractivity contribution in [3.05, 3.63) is 29.8 Å². The first-order chi connectivity index (χ1) is 11.0. The van der Waals surface area contributed by atoms with Gasteiger partial charge in [-0.3, -0.25) is 9.59 Å².